The number of thiophene rings is 1. The summed E-state index contributed by atoms with van der Waals surface area (Å²) in [5.41, 5.74) is 3.98. The van der Waals surface area contributed by atoms with Crippen molar-refractivity contribution in [2.24, 2.45) is 0 Å². The lowest BCUT2D eigenvalue weighted by Gasteiger charge is -2.15. The zero-order chi connectivity index (χ0) is 12.7. The van der Waals surface area contributed by atoms with Crippen molar-refractivity contribution in [3.05, 3.63) is 45.8 Å². The number of benzene rings is 1. The maximum absolute atomic E-state index is 11.0. The van der Waals surface area contributed by atoms with Gasteiger partial charge >= 0.3 is 5.97 Å². The van der Waals surface area contributed by atoms with Crippen molar-refractivity contribution < 1.29 is 9.90 Å². The molecule has 0 saturated heterocycles. The normalized spacial score (nSPS) is 12.4. The van der Waals surface area contributed by atoms with Crippen LogP contribution in [0.25, 0.3) is 10.4 Å². The molecule has 0 atom stereocenters. The molecule has 88 valence electrons. The molecule has 0 spiro atoms. The smallest absolute Gasteiger partial charge is 0.345 e. The quantitative estimate of drug-likeness (QED) is 0.851. The van der Waals surface area contributed by atoms with Gasteiger partial charge < -0.3 is 5.11 Å². The van der Waals surface area contributed by atoms with E-state index in [1.807, 2.05) is 12.1 Å². The molecule has 1 aromatic carbocycles. The minimum absolute atomic E-state index is 0.386. The van der Waals surface area contributed by atoms with E-state index in [1.54, 1.807) is 12.1 Å². The van der Waals surface area contributed by atoms with E-state index < -0.39 is 5.97 Å². The molecule has 1 aromatic heterocycles. The molecule has 18 heavy (non-hydrogen) atoms. The van der Waals surface area contributed by atoms with Gasteiger partial charge in [0.25, 0.3) is 0 Å². The molecule has 0 radical (unpaired) electrons. The summed E-state index contributed by atoms with van der Waals surface area (Å²) in [6.45, 7) is 0. The number of carboxylic acids is 1. The van der Waals surface area contributed by atoms with Crippen molar-refractivity contribution in [1.82, 2.24) is 0 Å². The zero-order valence-corrected chi connectivity index (χ0v) is 10.3. The van der Waals surface area contributed by atoms with Gasteiger partial charge in [0.1, 0.15) is 4.88 Å². The lowest BCUT2D eigenvalue weighted by molar-refractivity contribution is 0.0702. The van der Waals surface area contributed by atoms with Crippen LogP contribution in [0.5, 0.6) is 0 Å². The molecule has 0 unspecified atom stereocenters. The predicted molar refractivity (Wildman–Crippen MR) is 68.8 cm³/mol. The molecule has 1 aliphatic rings. The van der Waals surface area contributed by atoms with Gasteiger partial charge in [0, 0.05) is 4.88 Å². The van der Waals surface area contributed by atoms with Crippen molar-refractivity contribution in [1.29, 1.82) is 5.26 Å². The number of aromatic carboxylic acids is 1. The van der Waals surface area contributed by atoms with E-state index in [9.17, 15) is 4.79 Å². The minimum atomic E-state index is -0.871. The third-order valence-electron chi connectivity index (χ3n) is 3.16. The van der Waals surface area contributed by atoms with Gasteiger partial charge in [-0.25, -0.2) is 4.79 Å². The van der Waals surface area contributed by atoms with Crippen LogP contribution in [0.4, 0.5) is 0 Å². The fourth-order valence-electron chi connectivity index (χ4n) is 2.31. The summed E-state index contributed by atoms with van der Waals surface area (Å²) in [4.78, 5) is 12.4. The molecule has 1 heterocycles. The van der Waals surface area contributed by atoms with Crippen molar-refractivity contribution >= 4 is 17.3 Å². The Balaban J connectivity index is 2.17. The van der Waals surface area contributed by atoms with Gasteiger partial charge in [-0.1, -0.05) is 6.07 Å². The Kier molecular flexibility index (Phi) is 2.42. The molecule has 0 fully saturated rings. The van der Waals surface area contributed by atoms with Crippen LogP contribution in [0.2, 0.25) is 0 Å². The Morgan fingerprint density at radius 1 is 1.28 bits per heavy atom. The van der Waals surface area contributed by atoms with E-state index in [2.05, 4.69) is 6.07 Å². The lowest BCUT2D eigenvalue weighted by Crippen LogP contribution is -2.01. The Hall–Kier alpha value is -2.12. The van der Waals surface area contributed by atoms with Crippen molar-refractivity contribution in [3.8, 4) is 16.5 Å². The Bertz CT molecular complexity index is 694. The van der Waals surface area contributed by atoms with Crippen LogP contribution in [0.15, 0.2) is 24.3 Å². The van der Waals surface area contributed by atoms with Gasteiger partial charge in [0.2, 0.25) is 0 Å². The predicted octanol–water partition coefficient (Wildman–Crippen LogP) is 3.08. The summed E-state index contributed by atoms with van der Waals surface area (Å²) in [5.74, 6) is -0.871. The first-order valence-corrected chi connectivity index (χ1v) is 6.40. The summed E-state index contributed by atoms with van der Waals surface area (Å²) in [5, 5.41) is 17.9. The van der Waals surface area contributed by atoms with Crippen LogP contribution in [0, 0.1) is 11.3 Å². The summed E-state index contributed by atoms with van der Waals surface area (Å²) >= 11 is 1.32. The largest absolute Gasteiger partial charge is 0.477 e. The van der Waals surface area contributed by atoms with E-state index in [1.165, 1.54) is 11.3 Å². The first kappa shape index (κ1) is 11.0. The van der Waals surface area contributed by atoms with Gasteiger partial charge in [-0.3, -0.25) is 0 Å². The molecule has 1 N–H and O–H groups in total. The van der Waals surface area contributed by atoms with Crippen LogP contribution in [0.3, 0.4) is 0 Å². The maximum atomic E-state index is 11.0. The van der Waals surface area contributed by atoms with Crippen LogP contribution >= 0.6 is 11.3 Å². The van der Waals surface area contributed by atoms with Gasteiger partial charge in [-0.15, -0.1) is 11.3 Å². The van der Waals surface area contributed by atoms with Crippen LogP contribution in [-0.2, 0) is 12.8 Å². The van der Waals surface area contributed by atoms with E-state index in [4.69, 9.17) is 10.4 Å². The summed E-state index contributed by atoms with van der Waals surface area (Å²) in [7, 11) is 0. The van der Waals surface area contributed by atoms with Crippen molar-refractivity contribution in [3.63, 3.8) is 0 Å². The average Bonchev–Trinajstić information content (AvgIpc) is 2.82. The summed E-state index contributed by atoms with van der Waals surface area (Å²) in [6.07, 6.45) is 1.72. The number of nitriles is 1. The Morgan fingerprint density at radius 2 is 2.06 bits per heavy atom. The number of nitrogens with zero attached hydrogens (tertiary/aromatic N) is 1. The van der Waals surface area contributed by atoms with Gasteiger partial charge in [-0.05, 0) is 47.7 Å². The van der Waals surface area contributed by atoms with E-state index in [0.29, 0.717) is 10.4 Å². The summed E-state index contributed by atoms with van der Waals surface area (Å²) < 4.78 is 0. The standard InChI is InChI=1S/C14H9NO2S/c15-7-8-1-4-11-9(5-8)2-3-10-6-12(14(16)17)18-13(10)11/h1,4-6H,2-3H2,(H,16,17). The molecular weight excluding hydrogens is 246 g/mol. The Labute approximate surface area is 108 Å². The number of rotatable bonds is 1. The minimum Gasteiger partial charge on any atom is -0.477 e. The molecule has 1 aliphatic carbocycles. The van der Waals surface area contributed by atoms with Crippen LogP contribution in [0.1, 0.15) is 26.4 Å². The molecule has 4 heteroatoms. The molecule has 3 rings (SSSR count). The average molecular weight is 255 g/mol. The van der Waals surface area contributed by atoms with Crippen molar-refractivity contribution in [2.75, 3.05) is 0 Å². The second-order valence-electron chi connectivity index (χ2n) is 4.25. The number of hydrogen-bond donors (Lipinski definition) is 1. The molecular formula is C14H9NO2S. The van der Waals surface area contributed by atoms with E-state index in [0.717, 1.165) is 34.4 Å². The van der Waals surface area contributed by atoms with Crippen LogP contribution < -0.4 is 0 Å². The highest BCUT2D eigenvalue weighted by molar-refractivity contribution is 7.17. The first-order chi connectivity index (χ1) is 8.69. The van der Waals surface area contributed by atoms with Gasteiger partial charge in [0.05, 0.1) is 11.6 Å². The Morgan fingerprint density at radius 3 is 2.78 bits per heavy atom. The highest BCUT2D eigenvalue weighted by atomic mass is 32.1. The lowest BCUT2D eigenvalue weighted by atomic mass is 9.90. The molecule has 0 aliphatic heterocycles. The highest BCUT2D eigenvalue weighted by Crippen LogP contribution is 2.39. The highest BCUT2D eigenvalue weighted by Gasteiger charge is 2.21. The second-order valence-corrected chi connectivity index (χ2v) is 5.31. The van der Waals surface area contributed by atoms with Gasteiger partial charge in [-0.2, -0.15) is 5.26 Å². The van der Waals surface area contributed by atoms with Crippen LogP contribution in [-0.4, -0.2) is 11.1 Å². The molecule has 0 bridgehead atoms. The van der Waals surface area contributed by atoms with E-state index in [-0.39, 0.29) is 0 Å². The molecule has 2 aromatic rings. The SMILES string of the molecule is N#Cc1ccc2c(c1)CCc1cc(C(=O)O)sc1-2. The van der Waals surface area contributed by atoms with Gasteiger partial charge in [0.15, 0.2) is 0 Å². The second kappa shape index (κ2) is 3.97. The number of carboxylic acid groups (broad SMARTS) is 1. The number of carbonyl (C=O) groups is 1. The zero-order valence-electron chi connectivity index (χ0n) is 9.43. The monoisotopic (exact) mass is 255 g/mol. The number of hydrogen-bond acceptors (Lipinski definition) is 3. The fourth-order valence-corrected chi connectivity index (χ4v) is 3.42. The fraction of sp³-hybridized carbons (Fsp3) is 0.143. The summed E-state index contributed by atoms with van der Waals surface area (Å²) in [6, 6.07) is 9.51. The third-order valence-corrected chi connectivity index (χ3v) is 4.36. The molecule has 0 amide bonds. The third kappa shape index (κ3) is 1.60. The number of fused-ring (bicyclic) bond motifs is 3. The first-order valence-electron chi connectivity index (χ1n) is 5.58. The maximum Gasteiger partial charge on any atom is 0.345 e. The number of aryl methyl sites for hydroxylation is 2. The topological polar surface area (TPSA) is 61.1 Å². The molecule has 0 saturated carbocycles. The van der Waals surface area contributed by atoms with Crippen molar-refractivity contribution in [2.45, 2.75) is 12.8 Å². The molecule has 3 nitrogen and oxygen atoms in total. The van der Waals surface area contributed by atoms with E-state index >= 15 is 0 Å².